The van der Waals surface area contributed by atoms with Crippen molar-refractivity contribution in [3.8, 4) is 0 Å². The normalized spacial score (nSPS) is 12.7. The summed E-state index contributed by atoms with van der Waals surface area (Å²) in [4.78, 5) is 11.4. The van der Waals surface area contributed by atoms with Crippen molar-refractivity contribution in [1.29, 1.82) is 0 Å². The van der Waals surface area contributed by atoms with Gasteiger partial charge < -0.3 is 9.67 Å². The molecule has 3 heteroatoms. The maximum Gasteiger partial charge on any atom is 0.337 e. The Hall–Kier alpha value is -2.55. The fourth-order valence-electron chi connectivity index (χ4n) is 2.18. The molecule has 0 spiro atoms. The first-order valence-electron chi connectivity index (χ1n) is 6.41. The molecule has 0 fully saturated rings. The molecule has 0 amide bonds. The molecule has 0 bridgehead atoms. The first kappa shape index (κ1) is 13.9. The number of carboxylic acid groups (broad SMARTS) is 1. The lowest BCUT2D eigenvalue weighted by Crippen LogP contribution is -2.32. The van der Waals surface area contributed by atoms with Crippen molar-refractivity contribution in [2.45, 2.75) is 13.5 Å². The summed E-state index contributed by atoms with van der Waals surface area (Å²) < 4.78 is 1.92. The van der Waals surface area contributed by atoms with Gasteiger partial charge in [-0.3, -0.25) is 0 Å². The minimum Gasteiger partial charge on any atom is -0.478 e. The highest BCUT2D eigenvalue weighted by Crippen LogP contribution is 2.01. The van der Waals surface area contributed by atoms with Gasteiger partial charge in [0.1, 0.15) is 0 Å². The summed E-state index contributed by atoms with van der Waals surface area (Å²) in [6.07, 6.45) is 5.20. The van der Waals surface area contributed by atoms with Gasteiger partial charge >= 0.3 is 5.97 Å². The quantitative estimate of drug-likeness (QED) is 0.917. The van der Waals surface area contributed by atoms with Crippen LogP contribution in [0.5, 0.6) is 0 Å². The van der Waals surface area contributed by atoms with Gasteiger partial charge in [-0.15, -0.1) is 0 Å². The third kappa shape index (κ3) is 2.88. The number of hydrogen-bond acceptors (Lipinski definition) is 1. The lowest BCUT2D eigenvalue weighted by molar-refractivity contribution is -0.130. The summed E-state index contributed by atoms with van der Waals surface area (Å²) in [5.41, 5.74) is 1.38. The van der Waals surface area contributed by atoms with Crippen molar-refractivity contribution in [3.05, 3.63) is 70.9 Å². The first-order valence-corrected chi connectivity index (χ1v) is 6.41. The second kappa shape index (κ2) is 6.06. The van der Waals surface area contributed by atoms with E-state index in [1.165, 1.54) is 0 Å². The number of carbonyl (C=O) groups is 1. The zero-order chi connectivity index (χ0) is 14.5. The minimum atomic E-state index is -0.944. The van der Waals surface area contributed by atoms with Gasteiger partial charge in [-0.1, -0.05) is 43.0 Å². The number of aromatic nitrogens is 1. The van der Waals surface area contributed by atoms with Gasteiger partial charge in [-0.25, -0.2) is 4.79 Å². The van der Waals surface area contributed by atoms with E-state index >= 15 is 0 Å². The number of aliphatic carboxylic acids is 1. The van der Waals surface area contributed by atoms with Crippen molar-refractivity contribution >= 4 is 18.1 Å². The van der Waals surface area contributed by atoms with E-state index in [0.29, 0.717) is 11.9 Å². The average Bonchev–Trinajstić information content (AvgIpc) is 2.78. The molecule has 20 heavy (non-hydrogen) atoms. The molecule has 0 aliphatic heterocycles. The zero-order valence-electron chi connectivity index (χ0n) is 11.4. The highest BCUT2D eigenvalue weighted by Gasteiger charge is 2.08. The standard InChI is InChI=1S/C17H17NO2/c1-3-7-15(17(19)20)16-13(2)10-11-18(16)12-14-8-5-4-6-9-14/h3-11H,2,12H2,1H3,(H,19,20)/b7-3-,16-15-. The fraction of sp³-hybridized carbons (Fsp3) is 0.118. The van der Waals surface area contributed by atoms with Gasteiger partial charge in [0.25, 0.3) is 0 Å². The molecule has 2 rings (SSSR count). The van der Waals surface area contributed by atoms with E-state index in [2.05, 4.69) is 6.58 Å². The predicted molar refractivity (Wildman–Crippen MR) is 80.6 cm³/mol. The van der Waals surface area contributed by atoms with E-state index in [1.807, 2.05) is 47.2 Å². The Labute approximate surface area is 117 Å². The van der Waals surface area contributed by atoms with Crippen LogP contribution in [-0.4, -0.2) is 15.6 Å². The first-order chi connectivity index (χ1) is 9.63. The van der Waals surface area contributed by atoms with E-state index in [9.17, 15) is 9.90 Å². The number of nitrogens with zero attached hydrogens (tertiary/aromatic N) is 1. The van der Waals surface area contributed by atoms with Crippen LogP contribution in [0.25, 0.3) is 12.2 Å². The van der Waals surface area contributed by atoms with Crippen molar-refractivity contribution < 1.29 is 9.90 Å². The molecule has 0 radical (unpaired) electrons. The highest BCUT2D eigenvalue weighted by molar-refractivity contribution is 6.12. The minimum absolute atomic E-state index is 0.262. The van der Waals surface area contributed by atoms with Crippen LogP contribution in [0.1, 0.15) is 12.5 Å². The van der Waals surface area contributed by atoms with Crippen LogP contribution in [0, 0.1) is 0 Å². The molecule has 102 valence electrons. The lowest BCUT2D eigenvalue weighted by atomic mass is 10.2. The van der Waals surface area contributed by atoms with Crippen LogP contribution in [0.15, 0.2) is 54.7 Å². The smallest absolute Gasteiger partial charge is 0.337 e. The molecular formula is C17H17NO2. The molecule has 2 aromatic rings. The molecule has 0 aliphatic rings. The molecule has 3 nitrogen and oxygen atoms in total. The molecule has 0 atom stereocenters. The number of hydrogen-bond donors (Lipinski definition) is 1. The summed E-state index contributed by atoms with van der Waals surface area (Å²) >= 11 is 0. The monoisotopic (exact) mass is 267 g/mol. The van der Waals surface area contributed by atoms with Crippen molar-refractivity contribution in [2.75, 3.05) is 0 Å². The van der Waals surface area contributed by atoms with Gasteiger partial charge in [-0.05, 0) is 29.8 Å². The van der Waals surface area contributed by atoms with Crippen LogP contribution in [0.4, 0.5) is 0 Å². The van der Waals surface area contributed by atoms with Gasteiger partial charge in [0.15, 0.2) is 0 Å². The van der Waals surface area contributed by atoms with Crippen molar-refractivity contribution in [2.24, 2.45) is 0 Å². The fourth-order valence-corrected chi connectivity index (χ4v) is 2.18. The predicted octanol–water partition coefficient (Wildman–Crippen LogP) is 1.76. The topological polar surface area (TPSA) is 42.2 Å². The molecule has 1 N–H and O–H groups in total. The Morgan fingerprint density at radius 2 is 2.00 bits per heavy atom. The molecule has 1 aromatic carbocycles. The Bertz CT molecular complexity index is 739. The van der Waals surface area contributed by atoms with Crippen LogP contribution >= 0.6 is 0 Å². The second-order valence-corrected chi connectivity index (χ2v) is 4.52. The molecule has 1 heterocycles. The third-order valence-electron chi connectivity index (χ3n) is 3.06. The van der Waals surface area contributed by atoms with Crippen molar-refractivity contribution in [3.63, 3.8) is 0 Å². The molecule has 0 aliphatic carbocycles. The summed E-state index contributed by atoms with van der Waals surface area (Å²) in [6, 6.07) is 11.8. The zero-order valence-corrected chi connectivity index (χ0v) is 11.4. The number of allylic oxidation sites excluding steroid dienone is 1. The van der Waals surface area contributed by atoms with Crippen molar-refractivity contribution in [1.82, 2.24) is 4.57 Å². The van der Waals surface area contributed by atoms with E-state index < -0.39 is 5.97 Å². The van der Waals surface area contributed by atoms with Gasteiger partial charge in [0.2, 0.25) is 0 Å². The molecule has 0 saturated heterocycles. The van der Waals surface area contributed by atoms with E-state index in [1.54, 1.807) is 19.1 Å². The molecule has 0 saturated carbocycles. The third-order valence-corrected chi connectivity index (χ3v) is 3.06. The Morgan fingerprint density at radius 3 is 2.60 bits per heavy atom. The van der Waals surface area contributed by atoms with E-state index in [4.69, 9.17) is 0 Å². The van der Waals surface area contributed by atoms with E-state index in [0.717, 1.165) is 10.8 Å². The Morgan fingerprint density at radius 1 is 1.30 bits per heavy atom. The Balaban J connectivity index is 2.60. The van der Waals surface area contributed by atoms with Crippen LogP contribution in [0.3, 0.4) is 0 Å². The summed E-state index contributed by atoms with van der Waals surface area (Å²) in [6.45, 7) is 6.36. The number of carboxylic acids is 1. The van der Waals surface area contributed by atoms with Gasteiger partial charge in [0, 0.05) is 12.7 Å². The maximum absolute atomic E-state index is 11.4. The summed E-state index contributed by atoms with van der Waals surface area (Å²) in [5, 5.41) is 10.7. The van der Waals surface area contributed by atoms with Crippen LogP contribution in [0.2, 0.25) is 0 Å². The Kier molecular flexibility index (Phi) is 4.20. The van der Waals surface area contributed by atoms with E-state index in [-0.39, 0.29) is 5.57 Å². The van der Waals surface area contributed by atoms with Crippen LogP contribution < -0.4 is 10.6 Å². The van der Waals surface area contributed by atoms with Crippen LogP contribution in [-0.2, 0) is 11.3 Å². The maximum atomic E-state index is 11.4. The average molecular weight is 267 g/mol. The largest absolute Gasteiger partial charge is 0.478 e. The lowest BCUT2D eigenvalue weighted by Gasteiger charge is -2.05. The number of rotatable bonds is 4. The second-order valence-electron chi connectivity index (χ2n) is 4.52. The molecular weight excluding hydrogens is 250 g/mol. The summed E-state index contributed by atoms with van der Waals surface area (Å²) in [7, 11) is 0. The van der Waals surface area contributed by atoms with Gasteiger partial charge in [-0.2, -0.15) is 0 Å². The highest BCUT2D eigenvalue weighted by atomic mass is 16.4. The van der Waals surface area contributed by atoms with Gasteiger partial charge in [0.05, 0.1) is 10.9 Å². The summed E-state index contributed by atoms with van der Waals surface area (Å²) in [5.74, 6) is -0.944. The molecule has 1 aromatic heterocycles. The number of benzene rings is 1. The SMILES string of the molecule is C=c1ccn(Cc2ccccc2)/c1=C(/C=C\C)C(=O)O. The molecule has 0 unspecified atom stereocenters.